The maximum absolute atomic E-state index is 13.2. The van der Waals surface area contributed by atoms with Crippen LogP contribution in [0.2, 0.25) is 0 Å². The number of hydrogen-bond donors (Lipinski definition) is 3. The van der Waals surface area contributed by atoms with Crippen molar-refractivity contribution in [2.24, 2.45) is 11.1 Å². The highest BCUT2D eigenvalue weighted by Crippen LogP contribution is 2.43. The molecule has 0 saturated carbocycles. The van der Waals surface area contributed by atoms with Gasteiger partial charge in [0.2, 0.25) is 0 Å². The molecule has 0 fully saturated rings. The third kappa shape index (κ3) is 5.92. The van der Waals surface area contributed by atoms with Gasteiger partial charge in [-0.05, 0) is 43.5 Å². The second-order valence-corrected chi connectivity index (χ2v) is 8.23. The Labute approximate surface area is 183 Å². The van der Waals surface area contributed by atoms with Gasteiger partial charge in [-0.1, -0.05) is 38.2 Å². The molecule has 0 bridgehead atoms. The summed E-state index contributed by atoms with van der Waals surface area (Å²) in [5.41, 5.74) is 0.992. The van der Waals surface area contributed by atoms with Crippen LogP contribution in [0.5, 0.6) is 0 Å². The van der Waals surface area contributed by atoms with E-state index in [1.54, 1.807) is 0 Å². The number of alkyl halides is 6. The molecular weight excluding hydrogens is 438 g/mol. The van der Waals surface area contributed by atoms with Crippen molar-refractivity contribution in [1.82, 2.24) is 5.32 Å². The van der Waals surface area contributed by atoms with Crippen molar-refractivity contribution in [2.45, 2.75) is 64.0 Å². The predicted molar refractivity (Wildman–Crippen MR) is 108 cm³/mol. The minimum Gasteiger partial charge on any atom is -0.372 e. The smallest absolute Gasteiger partial charge is 0.372 e. The Morgan fingerprint density at radius 3 is 2.06 bits per heavy atom. The highest BCUT2D eigenvalue weighted by atomic mass is 19.4. The molecule has 1 aliphatic carbocycles. The summed E-state index contributed by atoms with van der Waals surface area (Å²) in [6.07, 6.45) is -3.90. The summed E-state index contributed by atoms with van der Waals surface area (Å²) in [7, 11) is 0. The van der Waals surface area contributed by atoms with Gasteiger partial charge in [-0.25, -0.2) is 0 Å². The van der Waals surface area contributed by atoms with E-state index in [1.807, 2.05) is 38.2 Å². The molecule has 180 valence electrons. The van der Waals surface area contributed by atoms with Gasteiger partial charge < -0.3 is 9.84 Å². The molecule has 0 aromatic heterocycles. The van der Waals surface area contributed by atoms with Gasteiger partial charge in [0.05, 0.1) is 29.4 Å². The number of rotatable bonds is 8. The molecule has 0 amide bonds. The van der Waals surface area contributed by atoms with E-state index in [4.69, 9.17) is 10.5 Å². The molecule has 0 aliphatic heterocycles. The molecule has 4 nitrogen and oxygen atoms in total. The minimum absolute atomic E-state index is 0.0824. The van der Waals surface area contributed by atoms with E-state index in [0.29, 0.717) is 25.0 Å². The van der Waals surface area contributed by atoms with E-state index >= 15 is 0 Å². The van der Waals surface area contributed by atoms with Crippen LogP contribution >= 0.6 is 0 Å². The third-order valence-electron chi connectivity index (χ3n) is 6.03. The molecule has 1 aromatic carbocycles. The van der Waals surface area contributed by atoms with Gasteiger partial charge >= 0.3 is 12.4 Å². The van der Waals surface area contributed by atoms with Gasteiger partial charge in [-0.15, -0.1) is 0 Å². The number of aliphatic hydroxyl groups excluding tert-OH is 1. The standard InChI is InChI=1S/C22H28F6N2O2/c1-4-20(30-18(29)31,19(3)8-6-5-7-9-19)13-32-14(2)15-10-16(21(23,24)25)12-17(11-15)22(26,27)28/h5-8,10-12,14,18,30-31H,4,9,13,29H2,1-3H3/t14-,18?,19?,20-/m1/s1. The summed E-state index contributed by atoms with van der Waals surface area (Å²) in [4.78, 5) is 0. The van der Waals surface area contributed by atoms with Crippen molar-refractivity contribution in [3.05, 3.63) is 59.2 Å². The van der Waals surface area contributed by atoms with Crippen molar-refractivity contribution in [3.63, 3.8) is 0 Å². The number of nitrogens with two attached hydrogens (primary N) is 1. The molecule has 2 unspecified atom stereocenters. The first-order chi connectivity index (χ1) is 14.6. The second kappa shape index (κ2) is 9.54. The van der Waals surface area contributed by atoms with E-state index in [-0.39, 0.29) is 18.2 Å². The van der Waals surface area contributed by atoms with Gasteiger partial charge in [0.15, 0.2) is 6.35 Å². The SMILES string of the molecule is CC[C@](CO[C@H](C)c1cc(C(F)(F)F)cc(C(F)(F)F)c1)(NC(N)O)C1(C)C=CC=CC1. The molecule has 4 N–H and O–H groups in total. The lowest BCUT2D eigenvalue weighted by atomic mass is 9.66. The Balaban J connectivity index is 2.38. The Morgan fingerprint density at radius 1 is 1.09 bits per heavy atom. The zero-order chi connectivity index (χ0) is 24.4. The first-order valence-corrected chi connectivity index (χ1v) is 10.1. The number of aliphatic hydroxyl groups is 1. The van der Waals surface area contributed by atoms with Crippen LogP contribution in [0.4, 0.5) is 26.3 Å². The van der Waals surface area contributed by atoms with Gasteiger partial charge in [0, 0.05) is 5.41 Å². The molecule has 0 spiro atoms. The van der Waals surface area contributed by atoms with Crippen molar-refractivity contribution in [2.75, 3.05) is 6.61 Å². The maximum atomic E-state index is 13.2. The summed E-state index contributed by atoms with van der Waals surface area (Å²) >= 11 is 0. The van der Waals surface area contributed by atoms with Crippen molar-refractivity contribution in [3.8, 4) is 0 Å². The van der Waals surface area contributed by atoms with Crippen LogP contribution in [0.3, 0.4) is 0 Å². The maximum Gasteiger partial charge on any atom is 0.416 e. The van der Waals surface area contributed by atoms with Crippen molar-refractivity contribution >= 4 is 0 Å². The van der Waals surface area contributed by atoms with E-state index in [0.717, 1.165) is 0 Å². The number of hydrogen-bond acceptors (Lipinski definition) is 4. The van der Waals surface area contributed by atoms with Crippen LogP contribution in [0.25, 0.3) is 0 Å². The summed E-state index contributed by atoms with van der Waals surface area (Å²) in [6, 6.07) is 1.40. The Morgan fingerprint density at radius 2 is 1.66 bits per heavy atom. The fraction of sp³-hybridized carbons (Fsp3) is 0.545. The number of allylic oxidation sites excluding steroid dienone is 3. The molecular formula is C22H28F6N2O2. The van der Waals surface area contributed by atoms with Crippen LogP contribution in [0.1, 0.15) is 56.4 Å². The minimum atomic E-state index is -4.94. The molecule has 1 aromatic rings. The number of benzene rings is 1. The van der Waals surface area contributed by atoms with E-state index < -0.39 is 46.9 Å². The van der Waals surface area contributed by atoms with Gasteiger partial charge in [-0.2, -0.15) is 26.3 Å². The van der Waals surface area contributed by atoms with Gasteiger partial charge in [0.25, 0.3) is 0 Å². The summed E-state index contributed by atoms with van der Waals surface area (Å²) < 4.78 is 85.0. The van der Waals surface area contributed by atoms with Crippen LogP contribution in [-0.2, 0) is 17.1 Å². The Bertz CT molecular complexity index is 818. The van der Waals surface area contributed by atoms with Crippen LogP contribution in [0.15, 0.2) is 42.5 Å². The normalized spacial score (nSPS) is 23.1. The zero-order valence-corrected chi connectivity index (χ0v) is 18.0. The quantitative estimate of drug-likeness (QED) is 0.360. The Kier molecular flexibility index (Phi) is 7.87. The van der Waals surface area contributed by atoms with E-state index in [1.165, 1.54) is 6.92 Å². The highest BCUT2D eigenvalue weighted by molar-refractivity contribution is 5.34. The average molecular weight is 466 g/mol. The van der Waals surface area contributed by atoms with Crippen molar-refractivity contribution in [1.29, 1.82) is 0 Å². The topological polar surface area (TPSA) is 67.5 Å². The Hall–Kier alpha value is -1.88. The van der Waals surface area contributed by atoms with Crippen LogP contribution in [-0.4, -0.2) is 23.6 Å². The highest BCUT2D eigenvalue weighted by Gasteiger charge is 2.46. The first-order valence-electron chi connectivity index (χ1n) is 10.1. The molecule has 10 heteroatoms. The van der Waals surface area contributed by atoms with Crippen molar-refractivity contribution < 1.29 is 36.2 Å². The molecule has 2 rings (SSSR count). The summed E-state index contributed by atoms with van der Waals surface area (Å²) in [5.74, 6) is 0. The lowest BCUT2D eigenvalue weighted by molar-refractivity contribution is -0.143. The lowest BCUT2D eigenvalue weighted by Crippen LogP contribution is -2.64. The third-order valence-corrected chi connectivity index (χ3v) is 6.03. The lowest BCUT2D eigenvalue weighted by Gasteiger charge is -2.49. The van der Waals surface area contributed by atoms with Crippen LogP contribution in [0, 0.1) is 5.41 Å². The fourth-order valence-electron chi connectivity index (χ4n) is 3.92. The summed E-state index contributed by atoms with van der Waals surface area (Å²) in [5, 5.41) is 12.7. The zero-order valence-electron chi connectivity index (χ0n) is 18.0. The van der Waals surface area contributed by atoms with Gasteiger partial charge in [-0.3, -0.25) is 11.1 Å². The molecule has 4 atom stereocenters. The molecule has 32 heavy (non-hydrogen) atoms. The molecule has 1 aliphatic rings. The second-order valence-electron chi connectivity index (χ2n) is 8.23. The molecule has 0 heterocycles. The fourth-order valence-corrected chi connectivity index (χ4v) is 3.92. The van der Waals surface area contributed by atoms with Gasteiger partial charge in [0.1, 0.15) is 0 Å². The molecule has 0 saturated heterocycles. The van der Waals surface area contributed by atoms with E-state index in [2.05, 4.69) is 5.32 Å². The monoisotopic (exact) mass is 466 g/mol. The molecule has 0 radical (unpaired) electrons. The summed E-state index contributed by atoms with van der Waals surface area (Å²) in [6.45, 7) is 5.00. The van der Waals surface area contributed by atoms with E-state index in [9.17, 15) is 31.4 Å². The van der Waals surface area contributed by atoms with Crippen LogP contribution < -0.4 is 11.1 Å². The number of nitrogens with one attached hydrogen (secondary N) is 1. The first kappa shape index (κ1) is 26.4. The average Bonchev–Trinajstić information content (AvgIpc) is 2.69. The number of ether oxygens (including phenoxy) is 1. The number of halogens is 6. The largest absolute Gasteiger partial charge is 0.416 e. The predicted octanol–water partition coefficient (Wildman–Crippen LogP) is 5.30.